The molecule has 0 atom stereocenters. The molecule has 0 aromatic heterocycles. The standard InChI is InChI=1S/C23H22BrCl2NO2/c1-3-28-22-11-17(13-27-19-8-7-15(2)21(26)12-19)10-20(24)23(22)29-14-16-5-4-6-18(25)9-16/h4-12,27H,3,13-14H2,1-2H3. The molecule has 1 N–H and O–H groups in total. The molecule has 0 heterocycles. The number of halogens is 3. The average Bonchev–Trinajstić information content (AvgIpc) is 2.68. The zero-order chi connectivity index (χ0) is 20.8. The van der Waals surface area contributed by atoms with Crippen molar-refractivity contribution in [3.63, 3.8) is 0 Å². The Balaban J connectivity index is 1.75. The first-order valence-electron chi connectivity index (χ1n) is 9.28. The van der Waals surface area contributed by atoms with E-state index >= 15 is 0 Å². The molecule has 0 bridgehead atoms. The molecule has 3 aromatic carbocycles. The lowest BCUT2D eigenvalue weighted by molar-refractivity contribution is 0.267. The van der Waals surface area contributed by atoms with Crippen LogP contribution in [0.1, 0.15) is 23.6 Å². The van der Waals surface area contributed by atoms with Gasteiger partial charge in [0.1, 0.15) is 6.61 Å². The summed E-state index contributed by atoms with van der Waals surface area (Å²) in [5.41, 5.74) is 4.08. The average molecular weight is 495 g/mol. The van der Waals surface area contributed by atoms with E-state index in [4.69, 9.17) is 32.7 Å². The largest absolute Gasteiger partial charge is 0.490 e. The van der Waals surface area contributed by atoms with Gasteiger partial charge in [-0.1, -0.05) is 41.4 Å². The van der Waals surface area contributed by atoms with E-state index < -0.39 is 0 Å². The SMILES string of the molecule is CCOc1cc(CNc2ccc(C)c(Cl)c2)cc(Br)c1OCc1cccc(Cl)c1. The fourth-order valence-corrected chi connectivity index (χ4v) is 3.81. The van der Waals surface area contributed by atoms with Crippen molar-refractivity contribution < 1.29 is 9.47 Å². The zero-order valence-corrected chi connectivity index (χ0v) is 19.4. The van der Waals surface area contributed by atoms with Gasteiger partial charge in [-0.2, -0.15) is 0 Å². The Bertz CT molecular complexity index is 995. The highest BCUT2D eigenvalue weighted by atomic mass is 79.9. The maximum absolute atomic E-state index is 6.21. The second kappa shape index (κ2) is 10.2. The fourth-order valence-electron chi connectivity index (χ4n) is 2.82. The van der Waals surface area contributed by atoms with Gasteiger partial charge in [-0.05, 0) is 82.9 Å². The van der Waals surface area contributed by atoms with E-state index in [2.05, 4.69) is 21.2 Å². The van der Waals surface area contributed by atoms with Crippen molar-refractivity contribution in [2.24, 2.45) is 0 Å². The van der Waals surface area contributed by atoms with Gasteiger partial charge >= 0.3 is 0 Å². The van der Waals surface area contributed by atoms with Crippen LogP contribution in [0.4, 0.5) is 5.69 Å². The van der Waals surface area contributed by atoms with Gasteiger partial charge in [-0.15, -0.1) is 0 Å². The minimum absolute atomic E-state index is 0.401. The van der Waals surface area contributed by atoms with Crippen molar-refractivity contribution in [2.75, 3.05) is 11.9 Å². The van der Waals surface area contributed by atoms with E-state index in [1.54, 1.807) is 0 Å². The number of hydrogen-bond acceptors (Lipinski definition) is 3. The third-order valence-corrected chi connectivity index (χ3v) is 5.54. The van der Waals surface area contributed by atoms with Crippen molar-refractivity contribution in [3.8, 4) is 11.5 Å². The number of rotatable bonds is 8. The molecule has 0 saturated carbocycles. The van der Waals surface area contributed by atoms with Gasteiger partial charge in [-0.3, -0.25) is 0 Å². The third kappa shape index (κ3) is 6.05. The molecule has 3 nitrogen and oxygen atoms in total. The molecule has 0 unspecified atom stereocenters. The van der Waals surface area contributed by atoms with E-state index in [1.807, 2.05) is 68.4 Å². The Hall–Kier alpha value is -1.88. The number of ether oxygens (including phenoxy) is 2. The molecule has 0 aliphatic rings. The summed E-state index contributed by atoms with van der Waals surface area (Å²) in [7, 11) is 0. The molecule has 6 heteroatoms. The van der Waals surface area contributed by atoms with Crippen LogP contribution in [0.5, 0.6) is 11.5 Å². The second-order valence-corrected chi connectivity index (χ2v) is 8.27. The van der Waals surface area contributed by atoms with Crippen LogP contribution in [0.15, 0.2) is 59.1 Å². The van der Waals surface area contributed by atoms with Gasteiger partial charge in [0.05, 0.1) is 11.1 Å². The van der Waals surface area contributed by atoms with E-state index in [9.17, 15) is 0 Å². The lowest BCUT2D eigenvalue weighted by Gasteiger charge is -2.16. The number of anilines is 1. The predicted molar refractivity (Wildman–Crippen MR) is 125 cm³/mol. The van der Waals surface area contributed by atoms with E-state index in [1.165, 1.54) is 0 Å². The van der Waals surface area contributed by atoms with Crippen LogP contribution in [0.3, 0.4) is 0 Å². The van der Waals surface area contributed by atoms with Crippen LogP contribution in [-0.2, 0) is 13.2 Å². The van der Waals surface area contributed by atoms with Gasteiger partial charge < -0.3 is 14.8 Å². The van der Waals surface area contributed by atoms with Crippen LogP contribution in [0.2, 0.25) is 10.0 Å². The number of benzene rings is 3. The van der Waals surface area contributed by atoms with E-state index in [0.717, 1.165) is 31.9 Å². The topological polar surface area (TPSA) is 30.5 Å². The first-order valence-corrected chi connectivity index (χ1v) is 10.8. The van der Waals surface area contributed by atoms with Crippen molar-refractivity contribution >= 4 is 44.8 Å². The summed E-state index contributed by atoms with van der Waals surface area (Å²) in [4.78, 5) is 0. The highest BCUT2D eigenvalue weighted by Gasteiger charge is 2.13. The summed E-state index contributed by atoms with van der Waals surface area (Å²) in [6, 6.07) is 17.6. The van der Waals surface area contributed by atoms with E-state index in [0.29, 0.717) is 36.3 Å². The van der Waals surface area contributed by atoms with Crippen molar-refractivity contribution in [3.05, 3.63) is 85.8 Å². The highest BCUT2D eigenvalue weighted by molar-refractivity contribution is 9.10. The third-order valence-electron chi connectivity index (χ3n) is 4.31. The molecular formula is C23H22BrCl2NO2. The summed E-state index contributed by atoms with van der Waals surface area (Å²) in [5.74, 6) is 1.37. The molecule has 0 saturated heterocycles. The minimum atomic E-state index is 0.401. The molecule has 152 valence electrons. The van der Waals surface area contributed by atoms with Gasteiger partial charge in [-0.25, -0.2) is 0 Å². The molecular weight excluding hydrogens is 473 g/mol. The van der Waals surface area contributed by atoms with Crippen LogP contribution < -0.4 is 14.8 Å². The Morgan fingerprint density at radius 3 is 2.52 bits per heavy atom. The quantitative estimate of drug-likeness (QED) is 0.348. The lowest BCUT2D eigenvalue weighted by Crippen LogP contribution is -2.04. The Kier molecular flexibility index (Phi) is 7.70. The lowest BCUT2D eigenvalue weighted by atomic mass is 10.1. The highest BCUT2D eigenvalue weighted by Crippen LogP contribution is 2.38. The molecule has 29 heavy (non-hydrogen) atoms. The molecule has 0 aliphatic carbocycles. The summed E-state index contributed by atoms with van der Waals surface area (Å²) in [6.07, 6.45) is 0. The minimum Gasteiger partial charge on any atom is -0.490 e. The second-order valence-electron chi connectivity index (χ2n) is 6.57. The molecule has 0 amide bonds. The first-order chi connectivity index (χ1) is 14.0. The summed E-state index contributed by atoms with van der Waals surface area (Å²) < 4.78 is 12.7. The predicted octanol–water partition coefficient (Wildman–Crippen LogP) is 7.65. The smallest absolute Gasteiger partial charge is 0.175 e. The van der Waals surface area contributed by atoms with Crippen molar-refractivity contribution in [2.45, 2.75) is 27.0 Å². The summed E-state index contributed by atoms with van der Waals surface area (Å²) in [5, 5.41) is 4.83. The Morgan fingerprint density at radius 1 is 0.966 bits per heavy atom. The maximum atomic E-state index is 6.21. The molecule has 3 rings (SSSR count). The monoisotopic (exact) mass is 493 g/mol. The van der Waals surface area contributed by atoms with Gasteiger partial charge in [0.2, 0.25) is 0 Å². The first kappa shape index (κ1) is 21.8. The summed E-state index contributed by atoms with van der Waals surface area (Å²) in [6.45, 7) is 5.52. The van der Waals surface area contributed by atoms with Gasteiger partial charge in [0.15, 0.2) is 11.5 Å². The van der Waals surface area contributed by atoms with Crippen molar-refractivity contribution in [1.82, 2.24) is 0 Å². The number of hydrogen-bond donors (Lipinski definition) is 1. The van der Waals surface area contributed by atoms with Gasteiger partial charge in [0.25, 0.3) is 0 Å². The zero-order valence-electron chi connectivity index (χ0n) is 16.3. The molecule has 0 radical (unpaired) electrons. The van der Waals surface area contributed by atoms with Crippen molar-refractivity contribution in [1.29, 1.82) is 0 Å². The van der Waals surface area contributed by atoms with E-state index in [-0.39, 0.29) is 0 Å². The van der Waals surface area contributed by atoms with Crippen LogP contribution in [0, 0.1) is 6.92 Å². The molecule has 3 aromatic rings. The molecule has 0 aliphatic heterocycles. The number of nitrogens with one attached hydrogen (secondary N) is 1. The maximum Gasteiger partial charge on any atom is 0.175 e. The fraction of sp³-hybridized carbons (Fsp3) is 0.217. The van der Waals surface area contributed by atoms with Gasteiger partial charge in [0, 0.05) is 22.3 Å². The molecule has 0 fully saturated rings. The number of aryl methyl sites for hydroxylation is 1. The van der Waals surface area contributed by atoms with Crippen LogP contribution in [-0.4, -0.2) is 6.61 Å². The Labute approximate surface area is 190 Å². The molecule has 0 spiro atoms. The van der Waals surface area contributed by atoms with Crippen LogP contribution in [0.25, 0.3) is 0 Å². The Morgan fingerprint density at radius 2 is 1.79 bits per heavy atom. The van der Waals surface area contributed by atoms with Crippen LogP contribution >= 0.6 is 39.1 Å². The summed E-state index contributed by atoms with van der Waals surface area (Å²) >= 11 is 15.9. The normalized spacial score (nSPS) is 10.7.